The van der Waals surface area contributed by atoms with Crippen LogP contribution in [0.15, 0.2) is 0 Å². The standard InChI is InChI=1S/C10H18N2O6/c11-6-2-1-3-7(12)10(16)18-17-9(15)5-4-8(13)14/h7H,1-6,11-12H2,(H,13,14). The largest absolute Gasteiger partial charge is 0.481 e. The molecule has 8 heteroatoms. The highest BCUT2D eigenvalue weighted by atomic mass is 17.2. The van der Waals surface area contributed by atoms with E-state index in [2.05, 4.69) is 9.78 Å². The van der Waals surface area contributed by atoms with E-state index in [4.69, 9.17) is 16.6 Å². The second-order valence-electron chi connectivity index (χ2n) is 3.64. The lowest BCUT2D eigenvalue weighted by Gasteiger charge is -2.08. The molecule has 0 heterocycles. The van der Waals surface area contributed by atoms with Crippen LogP contribution in [0.25, 0.3) is 0 Å². The Bertz CT molecular complexity index is 294. The molecule has 0 spiro atoms. The third-order valence-electron chi connectivity index (χ3n) is 2.03. The van der Waals surface area contributed by atoms with Gasteiger partial charge in [-0.15, -0.1) is 0 Å². The molecule has 0 fully saturated rings. The molecule has 5 N–H and O–H groups in total. The Morgan fingerprint density at radius 1 is 1.11 bits per heavy atom. The molecule has 104 valence electrons. The van der Waals surface area contributed by atoms with E-state index >= 15 is 0 Å². The number of aliphatic carboxylic acids is 1. The minimum atomic E-state index is -1.14. The monoisotopic (exact) mass is 262 g/mol. The first-order valence-corrected chi connectivity index (χ1v) is 5.56. The van der Waals surface area contributed by atoms with Gasteiger partial charge in [-0.05, 0) is 19.4 Å². The minimum absolute atomic E-state index is 0.370. The van der Waals surface area contributed by atoms with Gasteiger partial charge >= 0.3 is 17.9 Å². The maximum Gasteiger partial charge on any atom is 0.372 e. The molecule has 0 bridgehead atoms. The van der Waals surface area contributed by atoms with E-state index in [1.165, 1.54) is 0 Å². The normalized spacial score (nSPS) is 11.7. The van der Waals surface area contributed by atoms with Gasteiger partial charge in [0.15, 0.2) is 0 Å². The first-order valence-electron chi connectivity index (χ1n) is 5.56. The van der Waals surface area contributed by atoms with E-state index in [1.807, 2.05) is 0 Å². The van der Waals surface area contributed by atoms with Crippen molar-refractivity contribution in [2.45, 2.75) is 38.1 Å². The van der Waals surface area contributed by atoms with Crippen LogP contribution in [-0.4, -0.2) is 35.6 Å². The smallest absolute Gasteiger partial charge is 0.372 e. The molecule has 0 rings (SSSR count). The summed E-state index contributed by atoms with van der Waals surface area (Å²) in [6.45, 7) is 0.506. The fourth-order valence-electron chi connectivity index (χ4n) is 1.03. The van der Waals surface area contributed by atoms with Crippen molar-refractivity contribution >= 4 is 17.9 Å². The molecule has 0 saturated heterocycles. The van der Waals surface area contributed by atoms with Crippen LogP contribution in [0.4, 0.5) is 0 Å². The van der Waals surface area contributed by atoms with E-state index in [0.29, 0.717) is 19.4 Å². The lowest BCUT2D eigenvalue weighted by molar-refractivity contribution is -0.260. The van der Waals surface area contributed by atoms with E-state index < -0.39 is 23.9 Å². The van der Waals surface area contributed by atoms with Crippen LogP contribution >= 0.6 is 0 Å². The number of unbranched alkanes of at least 4 members (excludes halogenated alkanes) is 1. The van der Waals surface area contributed by atoms with Gasteiger partial charge in [0.25, 0.3) is 0 Å². The van der Waals surface area contributed by atoms with Crippen LogP contribution in [0, 0.1) is 0 Å². The number of hydrogen-bond donors (Lipinski definition) is 3. The summed E-state index contributed by atoms with van der Waals surface area (Å²) in [5.41, 5.74) is 10.7. The van der Waals surface area contributed by atoms with Gasteiger partial charge in [0.1, 0.15) is 6.04 Å². The zero-order valence-electron chi connectivity index (χ0n) is 9.96. The van der Waals surface area contributed by atoms with Gasteiger partial charge in [0.05, 0.1) is 12.8 Å². The van der Waals surface area contributed by atoms with Crippen molar-refractivity contribution < 1.29 is 29.3 Å². The summed E-state index contributed by atoms with van der Waals surface area (Å²) in [6.07, 6.45) is 1.02. The maximum atomic E-state index is 11.2. The van der Waals surface area contributed by atoms with Crippen molar-refractivity contribution in [2.75, 3.05) is 6.54 Å². The van der Waals surface area contributed by atoms with Gasteiger partial charge in [0, 0.05) is 0 Å². The van der Waals surface area contributed by atoms with Crippen LogP contribution in [-0.2, 0) is 24.2 Å². The van der Waals surface area contributed by atoms with E-state index in [9.17, 15) is 14.4 Å². The highest BCUT2D eigenvalue weighted by Crippen LogP contribution is 2.01. The Hall–Kier alpha value is -1.67. The Labute approximate surface area is 104 Å². The van der Waals surface area contributed by atoms with Crippen molar-refractivity contribution in [1.82, 2.24) is 0 Å². The van der Waals surface area contributed by atoms with E-state index in [0.717, 1.165) is 6.42 Å². The van der Waals surface area contributed by atoms with Crippen molar-refractivity contribution in [1.29, 1.82) is 0 Å². The molecule has 1 atom stereocenters. The van der Waals surface area contributed by atoms with Gasteiger partial charge in [-0.1, -0.05) is 6.42 Å². The van der Waals surface area contributed by atoms with Crippen LogP contribution in [0.1, 0.15) is 32.1 Å². The van der Waals surface area contributed by atoms with Crippen LogP contribution in [0.3, 0.4) is 0 Å². The number of carbonyl (C=O) groups excluding carboxylic acids is 2. The summed E-state index contributed by atoms with van der Waals surface area (Å²) in [5.74, 6) is -2.94. The van der Waals surface area contributed by atoms with Gasteiger partial charge < -0.3 is 16.6 Å². The third kappa shape index (κ3) is 8.48. The maximum absolute atomic E-state index is 11.2. The van der Waals surface area contributed by atoms with Crippen LogP contribution in [0.2, 0.25) is 0 Å². The molecule has 0 aromatic heterocycles. The number of carboxylic acid groups (broad SMARTS) is 1. The molecule has 0 aliphatic rings. The van der Waals surface area contributed by atoms with Crippen molar-refractivity contribution in [3.63, 3.8) is 0 Å². The Morgan fingerprint density at radius 2 is 1.78 bits per heavy atom. The van der Waals surface area contributed by atoms with E-state index in [-0.39, 0.29) is 12.8 Å². The number of hydrogen-bond acceptors (Lipinski definition) is 7. The summed E-state index contributed by atoms with van der Waals surface area (Å²) < 4.78 is 0. The summed E-state index contributed by atoms with van der Waals surface area (Å²) in [6, 6.07) is -0.885. The summed E-state index contributed by atoms with van der Waals surface area (Å²) >= 11 is 0. The number of nitrogens with two attached hydrogens (primary N) is 2. The number of carbonyl (C=O) groups is 3. The SMILES string of the molecule is NCCCCC(N)C(=O)OOC(=O)CCC(=O)O. The van der Waals surface area contributed by atoms with Crippen LogP contribution in [0.5, 0.6) is 0 Å². The second-order valence-corrected chi connectivity index (χ2v) is 3.64. The topological polar surface area (TPSA) is 142 Å². The lowest BCUT2D eigenvalue weighted by Crippen LogP contribution is -2.33. The molecule has 18 heavy (non-hydrogen) atoms. The molecule has 0 aromatic carbocycles. The molecule has 0 aliphatic carbocycles. The molecular weight excluding hydrogens is 244 g/mol. The second kappa shape index (κ2) is 9.37. The summed E-state index contributed by atoms with van der Waals surface area (Å²) in [7, 11) is 0. The van der Waals surface area contributed by atoms with Crippen molar-refractivity contribution in [2.24, 2.45) is 11.5 Å². The average molecular weight is 262 g/mol. The zero-order valence-corrected chi connectivity index (χ0v) is 9.96. The third-order valence-corrected chi connectivity index (χ3v) is 2.03. The summed E-state index contributed by atoms with van der Waals surface area (Å²) in [5, 5.41) is 8.30. The zero-order chi connectivity index (χ0) is 14.0. The molecule has 0 saturated carbocycles. The van der Waals surface area contributed by atoms with Gasteiger partial charge in [-0.25, -0.2) is 19.4 Å². The first kappa shape index (κ1) is 16.3. The molecule has 8 nitrogen and oxygen atoms in total. The molecule has 0 aromatic rings. The highest BCUT2D eigenvalue weighted by molar-refractivity contribution is 5.78. The Morgan fingerprint density at radius 3 is 2.33 bits per heavy atom. The average Bonchev–Trinajstić information content (AvgIpc) is 2.33. The summed E-state index contributed by atoms with van der Waals surface area (Å²) in [4.78, 5) is 40.6. The van der Waals surface area contributed by atoms with Crippen LogP contribution < -0.4 is 11.5 Å². The van der Waals surface area contributed by atoms with Gasteiger partial charge in [-0.2, -0.15) is 0 Å². The minimum Gasteiger partial charge on any atom is -0.481 e. The van der Waals surface area contributed by atoms with Crippen molar-refractivity contribution in [3.8, 4) is 0 Å². The van der Waals surface area contributed by atoms with Gasteiger partial charge in [0.2, 0.25) is 0 Å². The molecule has 0 amide bonds. The first-order chi connectivity index (χ1) is 8.47. The van der Waals surface area contributed by atoms with Crippen molar-refractivity contribution in [3.05, 3.63) is 0 Å². The van der Waals surface area contributed by atoms with E-state index in [1.54, 1.807) is 0 Å². The fraction of sp³-hybridized carbons (Fsp3) is 0.700. The molecular formula is C10H18N2O6. The Kier molecular flexibility index (Phi) is 8.50. The highest BCUT2D eigenvalue weighted by Gasteiger charge is 2.18. The molecule has 0 aliphatic heterocycles. The fourth-order valence-corrected chi connectivity index (χ4v) is 1.03. The molecule has 1 unspecified atom stereocenters. The number of rotatable bonds is 8. The predicted octanol–water partition coefficient (Wildman–Crippen LogP) is -0.691. The predicted molar refractivity (Wildman–Crippen MR) is 59.9 cm³/mol. The quantitative estimate of drug-likeness (QED) is 0.296. The van der Waals surface area contributed by atoms with Gasteiger partial charge in [-0.3, -0.25) is 4.79 Å². The Balaban J connectivity index is 3.74. The lowest BCUT2D eigenvalue weighted by atomic mass is 10.1. The molecule has 0 radical (unpaired) electrons. The number of carboxylic acids is 1.